The summed E-state index contributed by atoms with van der Waals surface area (Å²) in [6, 6.07) is 32.8. The van der Waals surface area contributed by atoms with E-state index in [1.807, 2.05) is 36.4 Å². The largest absolute Gasteiger partial charge is 0.491 e. The molecule has 57 heavy (non-hydrogen) atoms. The number of aliphatic carboxylic acids is 1. The summed E-state index contributed by atoms with van der Waals surface area (Å²) >= 11 is 0. The molecule has 0 aromatic heterocycles. The zero-order chi connectivity index (χ0) is 39.8. The van der Waals surface area contributed by atoms with E-state index in [1.165, 1.54) is 30.3 Å². The lowest BCUT2D eigenvalue weighted by Crippen LogP contribution is -2.53. The third-order valence-corrected chi connectivity index (χ3v) is 10.9. The normalized spacial score (nSPS) is 23.7. The van der Waals surface area contributed by atoms with Crippen molar-refractivity contribution < 1.29 is 48.5 Å². The minimum Gasteiger partial charge on any atom is -0.491 e. The molecule has 0 saturated carbocycles. The standard InChI is InChI=1S/C43H35N3O11/c47-23-24-55-33-18-10-7-15-30(33)38-43(31-16-8-9-17-32(31)44(41(43)51)42(52)56-25-26-19-21-29(22-20-26)46(53)54)34(39(48)49)36-40(50)57-37(28-13-5-2-6-14-28)35(45(36)38)27-11-3-1-4-12-27/h1-22,34-38,47H,23-25H2,(H,48,49). The molecule has 2 amide bonds. The van der Waals surface area contributed by atoms with Gasteiger partial charge in [0.2, 0.25) is 5.91 Å². The van der Waals surface area contributed by atoms with Crippen LogP contribution in [0, 0.1) is 16.0 Å². The Kier molecular flexibility index (Phi) is 9.73. The first-order chi connectivity index (χ1) is 27.7. The van der Waals surface area contributed by atoms with Crippen molar-refractivity contribution in [3.8, 4) is 5.75 Å². The predicted octanol–water partition coefficient (Wildman–Crippen LogP) is 6.05. The number of benzene rings is 5. The third kappa shape index (κ3) is 6.06. The molecule has 2 fully saturated rings. The number of carbonyl (C=O) groups excluding carboxylic acids is 3. The van der Waals surface area contributed by atoms with E-state index < -0.39 is 64.4 Å². The van der Waals surface area contributed by atoms with Crippen LogP contribution in [0.1, 0.15) is 46.0 Å². The molecule has 5 aromatic carbocycles. The highest BCUT2D eigenvalue weighted by Gasteiger charge is 2.76. The van der Waals surface area contributed by atoms with Gasteiger partial charge in [0.1, 0.15) is 42.4 Å². The number of esters is 1. The molecule has 2 N–H and O–H groups in total. The van der Waals surface area contributed by atoms with Crippen LogP contribution >= 0.6 is 0 Å². The number of anilines is 1. The number of non-ortho nitro benzene ring substituents is 1. The molecule has 3 heterocycles. The van der Waals surface area contributed by atoms with Crippen LogP contribution in [0.4, 0.5) is 16.2 Å². The Hall–Kier alpha value is -6.90. The van der Waals surface area contributed by atoms with Gasteiger partial charge in [-0.25, -0.2) is 9.69 Å². The van der Waals surface area contributed by atoms with E-state index in [0.29, 0.717) is 22.3 Å². The molecular formula is C43H35N3O11. The van der Waals surface area contributed by atoms with E-state index in [9.17, 15) is 34.7 Å². The molecule has 2 saturated heterocycles. The number of nitrogens with zero attached hydrogens (tertiary/aromatic N) is 3. The molecule has 6 unspecified atom stereocenters. The molecule has 1 spiro atoms. The number of nitro groups is 1. The summed E-state index contributed by atoms with van der Waals surface area (Å²) in [5.41, 5.74) is -0.0671. The van der Waals surface area contributed by atoms with Gasteiger partial charge in [-0.3, -0.25) is 29.4 Å². The highest BCUT2D eigenvalue weighted by Crippen LogP contribution is 2.66. The average molecular weight is 770 g/mol. The van der Waals surface area contributed by atoms with Crippen molar-refractivity contribution in [1.82, 2.24) is 4.90 Å². The van der Waals surface area contributed by atoms with Crippen LogP contribution in [-0.2, 0) is 35.9 Å². The second-order valence-corrected chi connectivity index (χ2v) is 13.8. The van der Waals surface area contributed by atoms with Crippen LogP contribution in [0.2, 0.25) is 0 Å². The lowest BCUT2D eigenvalue weighted by atomic mass is 9.65. The Balaban J connectivity index is 1.35. The zero-order valence-electron chi connectivity index (χ0n) is 30.1. The van der Waals surface area contributed by atoms with Gasteiger partial charge in [-0.05, 0) is 46.5 Å². The molecular weight excluding hydrogens is 734 g/mol. The van der Waals surface area contributed by atoms with Crippen LogP contribution in [0.5, 0.6) is 5.75 Å². The first-order valence-electron chi connectivity index (χ1n) is 18.2. The SMILES string of the molecule is O=C1OC(c2ccccc2)C(c2ccccc2)N2C1C(C(=O)O)C1(C(=O)N(C(=O)OCc3ccc([N+](=O)[O-])cc3)c3ccccc31)C2c1ccccc1OCCO. The smallest absolute Gasteiger partial charge is 0.421 e. The number of fused-ring (bicyclic) bond motifs is 3. The summed E-state index contributed by atoms with van der Waals surface area (Å²) in [5, 5.41) is 32.4. The maximum absolute atomic E-state index is 15.7. The number of aliphatic hydroxyl groups excluding tert-OH is 1. The second kappa shape index (κ2) is 15.0. The predicted molar refractivity (Wildman–Crippen MR) is 202 cm³/mol. The maximum Gasteiger partial charge on any atom is 0.421 e. The number of para-hydroxylation sites is 2. The highest BCUT2D eigenvalue weighted by molar-refractivity contribution is 6.23. The van der Waals surface area contributed by atoms with E-state index in [1.54, 1.807) is 71.6 Å². The molecule has 14 nitrogen and oxygen atoms in total. The number of carboxylic acid groups (broad SMARTS) is 1. The number of ether oxygens (including phenoxy) is 3. The fraction of sp³-hybridized carbons (Fsp3) is 0.209. The Morgan fingerprint density at radius 1 is 0.807 bits per heavy atom. The summed E-state index contributed by atoms with van der Waals surface area (Å²) in [6.45, 7) is -0.848. The Morgan fingerprint density at radius 2 is 1.44 bits per heavy atom. The van der Waals surface area contributed by atoms with Gasteiger partial charge >= 0.3 is 18.0 Å². The maximum atomic E-state index is 15.7. The van der Waals surface area contributed by atoms with Gasteiger partial charge in [0, 0.05) is 17.7 Å². The number of hydrogen-bond donors (Lipinski definition) is 2. The quantitative estimate of drug-likeness (QED) is 0.0953. The summed E-state index contributed by atoms with van der Waals surface area (Å²) in [4.78, 5) is 71.6. The number of morpholine rings is 1. The Bertz CT molecular complexity index is 2360. The summed E-state index contributed by atoms with van der Waals surface area (Å²) in [5.74, 6) is -4.88. The Morgan fingerprint density at radius 3 is 2.11 bits per heavy atom. The fourth-order valence-electron chi connectivity index (χ4n) is 8.71. The molecule has 14 heteroatoms. The molecule has 8 rings (SSSR count). The number of aliphatic hydroxyl groups is 1. The first kappa shape index (κ1) is 37.0. The van der Waals surface area contributed by atoms with Crippen molar-refractivity contribution in [1.29, 1.82) is 0 Å². The zero-order valence-corrected chi connectivity index (χ0v) is 30.1. The number of nitro benzene ring substituents is 1. The van der Waals surface area contributed by atoms with Crippen molar-refractivity contribution in [2.75, 3.05) is 18.1 Å². The number of amides is 2. The Labute approximate surface area is 325 Å². The van der Waals surface area contributed by atoms with Crippen LogP contribution in [-0.4, -0.2) is 63.2 Å². The molecule has 0 radical (unpaired) electrons. The molecule has 5 aromatic rings. The number of carbonyl (C=O) groups is 4. The van der Waals surface area contributed by atoms with Crippen molar-refractivity contribution in [2.24, 2.45) is 5.92 Å². The van der Waals surface area contributed by atoms with Gasteiger partial charge in [0.15, 0.2) is 0 Å². The third-order valence-electron chi connectivity index (χ3n) is 10.9. The molecule has 288 valence electrons. The minimum absolute atomic E-state index is 0.0605. The molecule has 3 aliphatic heterocycles. The lowest BCUT2D eigenvalue weighted by molar-refractivity contribution is -0.384. The van der Waals surface area contributed by atoms with E-state index in [2.05, 4.69) is 0 Å². The van der Waals surface area contributed by atoms with Crippen molar-refractivity contribution in [2.45, 2.75) is 36.3 Å². The monoisotopic (exact) mass is 769 g/mol. The summed E-state index contributed by atoms with van der Waals surface area (Å²) in [7, 11) is 0. The van der Waals surface area contributed by atoms with Crippen molar-refractivity contribution in [3.63, 3.8) is 0 Å². The lowest BCUT2D eigenvalue weighted by Gasteiger charge is -2.46. The van der Waals surface area contributed by atoms with E-state index >= 15 is 4.79 Å². The summed E-state index contributed by atoms with van der Waals surface area (Å²) < 4.78 is 18.0. The van der Waals surface area contributed by atoms with Gasteiger partial charge in [-0.2, -0.15) is 0 Å². The van der Waals surface area contributed by atoms with Crippen LogP contribution in [0.3, 0.4) is 0 Å². The summed E-state index contributed by atoms with van der Waals surface area (Å²) in [6.07, 6.45) is -2.09. The van der Waals surface area contributed by atoms with Gasteiger partial charge < -0.3 is 24.4 Å². The number of hydrogen-bond acceptors (Lipinski definition) is 11. The van der Waals surface area contributed by atoms with Gasteiger partial charge in [0.05, 0.1) is 29.3 Å². The minimum atomic E-state index is -2.17. The number of rotatable bonds is 10. The topological polar surface area (TPSA) is 186 Å². The molecule has 0 bridgehead atoms. The van der Waals surface area contributed by atoms with Gasteiger partial charge in [0.25, 0.3) is 5.69 Å². The van der Waals surface area contributed by atoms with Gasteiger partial charge in [-0.15, -0.1) is 0 Å². The number of imide groups is 1. The van der Waals surface area contributed by atoms with Gasteiger partial charge in [-0.1, -0.05) is 97.1 Å². The van der Waals surface area contributed by atoms with Crippen molar-refractivity contribution in [3.05, 3.63) is 171 Å². The van der Waals surface area contributed by atoms with Crippen LogP contribution in [0.25, 0.3) is 0 Å². The molecule has 3 aliphatic rings. The van der Waals surface area contributed by atoms with E-state index in [-0.39, 0.29) is 42.5 Å². The number of carboxylic acids is 1. The fourth-order valence-corrected chi connectivity index (χ4v) is 8.71. The highest BCUT2D eigenvalue weighted by atomic mass is 16.6. The number of cyclic esters (lactones) is 1. The molecule has 0 aliphatic carbocycles. The average Bonchev–Trinajstić information content (AvgIpc) is 3.69. The van der Waals surface area contributed by atoms with E-state index in [4.69, 9.17) is 14.2 Å². The van der Waals surface area contributed by atoms with E-state index in [0.717, 1.165) is 4.90 Å². The van der Waals surface area contributed by atoms with Crippen molar-refractivity contribution >= 4 is 35.3 Å². The van der Waals surface area contributed by atoms with Crippen LogP contribution in [0.15, 0.2) is 133 Å². The van der Waals surface area contributed by atoms with Crippen LogP contribution < -0.4 is 9.64 Å². The first-order valence-corrected chi connectivity index (χ1v) is 18.2. The molecule has 6 atom stereocenters. The second-order valence-electron chi connectivity index (χ2n) is 13.8.